The fourth-order valence-electron chi connectivity index (χ4n) is 1.46. The van der Waals surface area contributed by atoms with Gasteiger partial charge in [-0.05, 0) is 19.4 Å². The van der Waals surface area contributed by atoms with Gasteiger partial charge in [0.05, 0.1) is 17.8 Å². The lowest BCUT2D eigenvalue weighted by Gasteiger charge is -2.12. The number of nitrogens with zero attached hydrogens (tertiary/aromatic N) is 1. The number of hydrogen-bond donors (Lipinski definition) is 2. The van der Waals surface area contributed by atoms with Crippen molar-refractivity contribution in [3.05, 3.63) is 22.2 Å². The van der Waals surface area contributed by atoms with Crippen LogP contribution in [0.2, 0.25) is 0 Å². The highest BCUT2D eigenvalue weighted by Crippen LogP contribution is 2.09. The largest absolute Gasteiger partial charge is 0.480 e. The Balaban J connectivity index is 2.54. The highest BCUT2D eigenvalue weighted by atomic mass is 32.1. The Kier molecular flexibility index (Phi) is 6.54. The van der Waals surface area contributed by atoms with E-state index < -0.39 is 23.9 Å². The van der Waals surface area contributed by atoms with Crippen LogP contribution in [0.4, 0.5) is 0 Å². The lowest BCUT2D eigenvalue weighted by atomic mass is 10.1. The summed E-state index contributed by atoms with van der Waals surface area (Å²) in [6, 6.07) is -1.14. The van der Waals surface area contributed by atoms with Gasteiger partial charge in [0.1, 0.15) is 6.04 Å². The Morgan fingerprint density at radius 2 is 2.24 bits per heavy atom. The zero-order valence-corrected chi connectivity index (χ0v) is 12.5. The summed E-state index contributed by atoms with van der Waals surface area (Å²) in [4.78, 5) is 37.8. The third-order valence-corrected chi connectivity index (χ3v) is 3.31. The first-order valence-electron chi connectivity index (χ1n) is 6.12. The van der Waals surface area contributed by atoms with Gasteiger partial charge in [0.2, 0.25) is 5.91 Å². The van der Waals surface area contributed by atoms with Crippen LogP contribution in [-0.4, -0.2) is 41.1 Å². The lowest BCUT2D eigenvalue weighted by Crippen LogP contribution is -2.40. The van der Waals surface area contributed by atoms with E-state index in [0.717, 1.165) is 5.01 Å². The van der Waals surface area contributed by atoms with E-state index in [4.69, 9.17) is 5.11 Å². The summed E-state index contributed by atoms with van der Waals surface area (Å²) in [6.45, 7) is 1.84. The molecule has 0 fully saturated rings. The normalized spacial score (nSPS) is 12.1. The highest BCUT2D eigenvalue weighted by Gasteiger charge is 2.20. The summed E-state index contributed by atoms with van der Waals surface area (Å²) in [5.41, 5.74) is 0.633. The minimum Gasteiger partial charge on any atom is -0.480 e. The Morgan fingerprint density at radius 3 is 2.76 bits per heavy atom. The molecule has 1 heterocycles. The van der Waals surface area contributed by atoms with Crippen molar-refractivity contribution >= 4 is 35.3 Å². The maximum Gasteiger partial charge on any atom is 0.326 e. The van der Waals surface area contributed by atoms with Crippen LogP contribution in [0, 0.1) is 6.92 Å². The maximum atomic E-state index is 11.7. The van der Waals surface area contributed by atoms with Gasteiger partial charge in [0, 0.05) is 17.9 Å². The van der Waals surface area contributed by atoms with E-state index >= 15 is 0 Å². The number of aromatic nitrogens is 1. The fourth-order valence-corrected chi connectivity index (χ4v) is 2.04. The molecule has 7 nitrogen and oxygen atoms in total. The second kappa shape index (κ2) is 8.15. The molecule has 1 aromatic heterocycles. The zero-order chi connectivity index (χ0) is 15.8. The van der Waals surface area contributed by atoms with E-state index in [1.54, 1.807) is 5.38 Å². The van der Waals surface area contributed by atoms with E-state index in [9.17, 15) is 14.4 Å². The summed E-state index contributed by atoms with van der Waals surface area (Å²) in [7, 11) is 1.22. The van der Waals surface area contributed by atoms with Crippen LogP contribution in [-0.2, 0) is 19.1 Å². The SMILES string of the molecule is COC(=O)CC[C@@H](NC(=O)/C=C/c1csc(C)n1)C(=O)O. The summed E-state index contributed by atoms with van der Waals surface area (Å²) in [5.74, 6) is -2.29. The number of rotatable bonds is 7. The molecule has 0 aliphatic heterocycles. The van der Waals surface area contributed by atoms with Crippen LogP contribution in [0.3, 0.4) is 0 Å². The van der Waals surface area contributed by atoms with Crippen molar-refractivity contribution in [2.75, 3.05) is 7.11 Å². The van der Waals surface area contributed by atoms with E-state index in [-0.39, 0.29) is 12.8 Å². The number of methoxy groups -OCH3 is 1. The third-order valence-electron chi connectivity index (χ3n) is 2.52. The summed E-state index contributed by atoms with van der Waals surface area (Å²) < 4.78 is 4.43. The molecule has 0 spiro atoms. The lowest BCUT2D eigenvalue weighted by molar-refractivity contribution is -0.143. The quantitative estimate of drug-likeness (QED) is 0.574. The topological polar surface area (TPSA) is 106 Å². The molecule has 0 saturated heterocycles. The van der Waals surface area contributed by atoms with Gasteiger partial charge in [-0.2, -0.15) is 0 Å². The van der Waals surface area contributed by atoms with Gasteiger partial charge in [-0.25, -0.2) is 9.78 Å². The van der Waals surface area contributed by atoms with Crippen LogP contribution in [0.1, 0.15) is 23.5 Å². The molecule has 1 aromatic rings. The van der Waals surface area contributed by atoms with Gasteiger partial charge >= 0.3 is 11.9 Å². The fraction of sp³-hybridized carbons (Fsp3) is 0.385. The first-order chi connectivity index (χ1) is 9.92. The number of amides is 1. The molecule has 114 valence electrons. The van der Waals surface area contributed by atoms with Crippen molar-refractivity contribution in [2.24, 2.45) is 0 Å². The average molecular weight is 312 g/mol. The molecule has 1 amide bonds. The zero-order valence-electron chi connectivity index (χ0n) is 11.7. The molecule has 0 aliphatic carbocycles. The van der Waals surface area contributed by atoms with Crippen molar-refractivity contribution < 1.29 is 24.2 Å². The van der Waals surface area contributed by atoms with Gasteiger partial charge in [-0.15, -0.1) is 11.3 Å². The van der Waals surface area contributed by atoms with Crippen LogP contribution in [0.15, 0.2) is 11.5 Å². The minimum absolute atomic E-state index is 0.0304. The summed E-state index contributed by atoms with van der Waals surface area (Å²) in [6.07, 6.45) is 2.60. The number of aliphatic carboxylic acids is 1. The van der Waals surface area contributed by atoms with Crippen LogP contribution < -0.4 is 5.32 Å². The predicted molar refractivity (Wildman–Crippen MR) is 76.7 cm³/mol. The molecular formula is C13H16N2O5S. The minimum atomic E-state index is -1.20. The van der Waals surface area contributed by atoms with Gasteiger partial charge in [0.25, 0.3) is 0 Å². The first kappa shape index (κ1) is 16.8. The molecule has 8 heteroatoms. The van der Waals surface area contributed by atoms with Crippen LogP contribution in [0.25, 0.3) is 6.08 Å². The molecule has 2 N–H and O–H groups in total. The smallest absolute Gasteiger partial charge is 0.326 e. The number of aryl methyl sites for hydroxylation is 1. The molecule has 21 heavy (non-hydrogen) atoms. The number of nitrogens with one attached hydrogen (secondary N) is 1. The van der Waals surface area contributed by atoms with Gasteiger partial charge < -0.3 is 15.2 Å². The van der Waals surface area contributed by atoms with Gasteiger partial charge in [-0.3, -0.25) is 9.59 Å². The average Bonchev–Trinajstić information content (AvgIpc) is 2.86. The highest BCUT2D eigenvalue weighted by molar-refractivity contribution is 7.09. The molecule has 0 unspecified atom stereocenters. The van der Waals surface area contributed by atoms with E-state index in [0.29, 0.717) is 5.69 Å². The van der Waals surface area contributed by atoms with Gasteiger partial charge in [-0.1, -0.05) is 0 Å². The van der Waals surface area contributed by atoms with Gasteiger partial charge in [0.15, 0.2) is 0 Å². The molecular weight excluding hydrogens is 296 g/mol. The molecule has 1 rings (SSSR count). The second-order valence-electron chi connectivity index (χ2n) is 4.14. The van der Waals surface area contributed by atoms with Crippen molar-refractivity contribution in [1.82, 2.24) is 10.3 Å². The third kappa shape index (κ3) is 6.17. The first-order valence-corrected chi connectivity index (χ1v) is 7.00. The molecule has 0 saturated carbocycles. The van der Waals surface area contributed by atoms with Crippen LogP contribution in [0.5, 0.6) is 0 Å². The van der Waals surface area contributed by atoms with Crippen LogP contribution >= 0.6 is 11.3 Å². The van der Waals surface area contributed by atoms with Crippen molar-refractivity contribution in [3.8, 4) is 0 Å². The molecule has 0 aliphatic rings. The predicted octanol–water partition coefficient (Wildman–Crippen LogP) is 0.987. The number of thiazole rings is 1. The van der Waals surface area contributed by atoms with Crippen molar-refractivity contribution in [1.29, 1.82) is 0 Å². The number of carboxylic acids is 1. The number of ether oxygens (including phenoxy) is 1. The molecule has 1 atom stereocenters. The number of hydrogen-bond acceptors (Lipinski definition) is 6. The summed E-state index contributed by atoms with van der Waals surface area (Å²) in [5, 5.41) is 14.0. The van der Waals surface area contributed by atoms with E-state index in [1.165, 1.54) is 30.6 Å². The number of carboxylic acid groups (broad SMARTS) is 1. The van der Waals surface area contributed by atoms with Crippen molar-refractivity contribution in [2.45, 2.75) is 25.8 Å². The second-order valence-corrected chi connectivity index (χ2v) is 5.20. The van der Waals surface area contributed by atoms with E-state index in [1.807, 2.05) is 6.92 Å². The molecule has 0 bridgehead atoms. The van der Waals surface area contributed by atoms with Crippen molar-refractivity contribution in [3.63, 3.8) is 0 Å². The maximum absolute atomic E-state index is 11.7. The standard InChI is InChI=1S/C13H16N2O5S/c1-8-14-9(7-21-8)3-5-11(16)15-10(13(18)19)4-6-12(17)20-2/h3,5,7,10H,4,6H2,1-2H3,(H,15,16)(H,18,19)/b5-3+/t10-/m1/s1. The Morgan fingerprint density at radius 1 is 1.52 bits per heavy atom. The Bertz CT molecular complexity index is 553. The molecule has 0 radical (unpaired) electrons. The number of carbonyl (C=O) groups excluding carboxylic acids is 2. The number of esters is 1. The number of carbonyl (C=O) groups is 3. The summed E-state index contributed by atoms with van der Waals surface area (Å²) >= 11 is 1.45. The Hall–Kier alpha value is -2.22. The monoisotopic (exact) mass is 312 g/mol. The van der Waals surface area contributed by atoms with E-state index in [2.05, 4.69) is 15.0 Å². The molecule has 0 aromatic carbocycles. The Labute approximate surface area is 125 Å².